The summed E-state index contributed by atoms with van der Waals surface area (Å²) in [6, 6.07) is 10.7. The molecule has 1 aliphatic rings. The van der Waals surface area contributed by atoms with Gasteiger partial charge in [0.05, 0.1) is 14.2 Å². The predicted octanol–water partition coefficient (Wildman–Crippen LogP) is 0.949. The minimum Gasteiger partial charge on any atom is -0.497 e. The van der Waals surface area contributed by atoms with Crippen LogP contribution in [0.1, 0.15) is 20.7 Å². The zero-order chi connectivity index (χ0) is 21.9. The zero-order valence-electron chi connectivity index (χ0n) is 16.7. The number of carbonyl (C=O) groups is 2. The third-order valence-corrected chi connectivity index (χ3v) is 6.83. The second-order valence-electron chi connectivity index (χ2n) is 6.66. The number of benzene rings is 2. The fraction of sp³-hybridized carbons (Fsp3) is 0.300. The molecule has 2 amide bonds. The van der Waals surface area contributed by atoms with E-state index in [1.807, 2.05) is 0 Å². The standard InChI is InChI=1S/C20H23N3O6S/c1-28-16-6-7-17(29-2)18(13-16)30(26,27)23-10-8-22(9-11-23)20(25)15-5-3-4-14(12-15)19(21)24/h3-7,12-13H,8-11H2,1-2H3,(H2,21,24). The molecular formula is C20H23N3O6S. The molecule has 10 heteroatoms. The van der Waals surface area contributed by atoms with Crippen molar-refractivity contribution in [1.29, 1.82) is 0 Å². The van der Waals surface area contributed by atoms with Gasteiger partial charge in [0.15, 0.2) is 0 Å². The van der Waals surface area contributed by atoms with Crippen molar-refractivity contribution < 1.29 is 27.5 Å². The van der Waals surface area contributed by atoms with Crippen LogP contribution in [0.3, 0.4) is 0 Å². The van der Waals surface area contributed by atoms with Gasteiger partial charge in [-0.15, -0.1) is 0 Å². The number of hydrogen-bond acceptors (Lipinski definition) is 6. The van der Waals surface area contributed by atoms with E-state index < -0.39 is 15.9 Å². The molecule has 1 fully saturated rings. The number of hydrogen-bond donors (Lipinski definition) is 1. The SMILES string of the molecule is COc1ccc(OC)c(S(=O)(=O)N2CCN(C(=O)c3cccc(C(N)=O)c3)CC2)c1. The summed E-state index contributed by atoms with van der Waals surface area (Å²) in [7, 11) is -0.985. The van der Waals surface area contributed by atoms with Gasteiger partial charge in [-0.25, -0.2) is 8.42 Å². The highest BCUT2D eigenvalue weighted by Gasteiger charge is 2.32. The van der Waals surface area contributed by atoms with E-state index in [1.165, 1.54) is 42.8 Å². The Labute approximate surface area is 175 Å². The lowest BCUT2D eigenvalue weighted by Gasteiger charge is -2.34. The number of carbonyl (C=O) groups excluding carboxylic acids is 2. The first kappa shape index (κ1) is 21.6. The second-order valence-corrected chi connectivity index (χ2v) is 8.56. The summed E-state index contributed by atoms with van der Waals surface area (Å²) < 4.78 is 37.9. The summed E-state index contributed by atoms with van der Waals surface area (Å²) >= 11 is 0. The summed E-state index contributed by atoms with van der Waals surface area (Å²) in [4.78, 5) is 25.7. The number of rotatable bonds is 6. The second kappa shape index (κ2) is 8.72. The van der Waals surface area contributed by atoms with Crippen LogP contribution in [0.5, 0.6) is 11.5 Å². The monoisotopic (exact) mass is 433 g/mol. The quantitative estimate of drug-likeness (QED) is 0.724. The molecule has 0 saturated carbocycles. The predicted molar refractivity (Wildman–Crippen MR) is 109 cm³/mol. The fourth-order valence-corrected chi connectivity index (χ4v) is 4.84. The van der Waals surface area contributed by atoms with Crippen LogP contribution in [0.2, 0.25) is 0 Å². The van der Waals surface area contributed by atoms with Crippen LogP contribution in [-0.4, -0.2) is 69.8 Å². The van der Waals surface area contributed by atoms with Gasteiger partial charge >= 0.3 is 0 Å². The molecule has 0 unspecified atom stereocenters. The van der Waals surface area contributed by atoms with E-state index in [-0.39, 0.29) is 48.3 Å². The van der Waals surface area contributed by atoms with E-state index in [9.17, 15) is 18.0 Å². The Morgan fingerprint density at radius 2 is 1.60 bits per heavy atom. The molecule has 160 valence electrons. The van der Waals surface area contributed by atoms with Gasteiger partial charge in [0.2, 0.25) is 15.9 Å². The maximum atomic E-state index is 13.1. The van der Waals surface area contributed by atoms with Crippen molar-refractivity contribution in [3.8, 4) is 11.5 Å². The highest BCUT2D eigenvalue weighted by Crippen LogP contribution is 2.31. The molecule has 0 aliphatic carbocycles. The van der Waals surface area contributed by atoms with Crippen molar-refractivity contribution >= 4 is 21.8 Å². The molecule has 0 atom stereocenters. The lowest BCUT2D eigenvalue weighted by molar-refractivity contribution is 0.0697. The van der Waals surface area contributed by atoms with E-state index in [0.717, 1.165) is 0 Å². The van der Waals surface area contributed by atoms with E-state index in [2.05, 4.69) is 0 Å². The minimum atomic E-state index is -3.84. The Bertz CT molecular complexity index is 1060. The average molecular weight is 433 g/mol. The summed E-state index contributed by atoms with van der Waals surface area (Å²) in [6.45, 7) is 0.685. The smallest absolute Gasteiger partial charge is 0.253 e. The number of nitrogens with zero attached hydrogens (tertiary/aromatic N) is 2. The lowest BCUT2D eigenvalue weighted by Crippen LogP contribution is -2.50. The van der Waals surface area contributed by atoms with E-state index in [4.69, 9.17) is 15.2 Å². The number of ether oxygens (including phenoxy) is 2. The van der Waals surface area contributed by atoms with Crippen LogP contribution in [0.25, 0.3) is 0 Å². The molecule has 9 nitrogen and oxygen atoms in total. The lowest BCUT2D eigenvalue weighted by atomic mass is 10.1. The van der Waals surface area contributed by atoms with Crippen LogP contribution >= 0.6 is 0 Å². The van der Waals surface area contributed by atoms with Crippen molar-refractivity contribution in [3.05, 3.63) is 53.6 Å². The van der Waals surface area contributed by atoms with Crippen LogP contribution in [0, 0.1) is 0 Å². The summed E-state index contributed by atoms with van der Waals surface area (Å²) in [5, 5.41) is 0. The van der Waals surface area contributed by atoms with E-state index in [0.29, 0.717) is 11.3 Å². The summed E-state index contributed by atoms with van der Waals surface area (Å²) in [5.41, 5.74) is 5.84. The minimum absolute atomic E-state index is 0.0123. The van der Waals surface area contributed by atoms with Crippen LogP contribution < -0.4 is 15.2 Å². The van der Waals surface area contributed by atoms with Crippen molar-refractivity contribution in [1.82, 2.24) is 9.21 Å². The first-order valence-electron chi connectivity index (χ1n) is 9.19. The fourth-order valence-electron chi connectivity index (χ4n) is 3.24. The molecular weight excluding hydrogens is 410 g/mol. The maximum absolute atomic E-state index is 13.1. The van der Waals surface area contributed by atoms with E-state index in [1.54, 1.807) is 23.1 Å². The Morgan fingerprint density at radius 1 is 0.933 bits per heavy atom. The van der Waals surface area contributed by atoms with Gasteiger partial charge in [-0.05, 0) is 30.3 Å². The normalized spacial score (nSPS) is 14.9. The first-order chi connectivity index (χ1) is 14.3. The van der Waals surface area contributed by atoms with Gasteiger partial charge in [-0.2, -0.15) is 4.31 Å². The number of methoxy groups -OCH3 is 2. The van der Waals surface area contributed by atoms with Gasteiger partial charge in [0, 0.05) is 43.4 Å². The molecule has 2 aromatic carbocycles. The molecule has 30 heavy (non-hydrogen) atoms. The molecule has 1 heterocycles. The third kappa shape index (κ3) is 4.24. The first-order valence-corrected chi connectivity index (χ1v) is 10.6. The Kier molecular flexibility index (Phi) is 6.28. The summed E-state index contributed by atoms with van der Waals surface area (Å²) in [5.74, 6) is -0.281. The molecule has 0 bridgehead atoms. The Morgan fingerprint density at radius 3 is 2.20 bits per heavy atom. The highest BCUT2D eigenvalue weighted by molar-refractivity contribution is 7.89. The summed E-state index contributed by atoms with van der Waals surface area (Å²) in [6.07, 6.45) is 0. The number of sulfonamides is 1. The molecule has 2 N–H and O–H groups in total. The van der Waals surface area contributed by atoms with E-state index >= 15 is 0 Å². The van der Waals surface area contributed by atoms with Crippen LogP contribution in [-0.2, 0) is 10.0 Å². The molecule has 3 rings (SSSR count). The van der Waals surface area contributed by atoms with Crippen molar-refractivity contribution in [2.45, 2.75) is 4.90 Å². The van der Waals surface area contributed by atoms with Crippen molar-refractivity contribution in [3.63, 3.8) is 0 Å². The molecule has 0 spiro atoms. The number of amides is 2. The highest BCUT2D eigenvalue weighted by atomic mass is 32.2. The molecule has 1 aliphatic heterocycles. The average Bonchev–Trinajstić information content (AvgIpc) is 2.78. The van der Waals surface area contributed by atoms with Crippen molar-refractivity contribution in [2.75, 3.05) is 40.4 Å². The van der Waals surface area contributed by atoms with Crippen LogP contribution in [0.4, 0.5) is 0 Å². The number of nitrogens with two attached hydrogens (primary N) is 1. The van der Waals surface area contributed by atoms with Crippen molar-refractivity contribution in [2.24, 2.45) is 5.73 Å². The van der Waals surface area contributed by atoms with Crippen LogP contribution in [0.15, 0.2) is 47.4 Å². The maximum Gasteiger partial charge on any atom is 0.253 e. The largest absolute Gasteiger partial charge is 0.497 e. The Hall–Kier alpha value is -3.11. The number of primary amides is 1. The topological polar surface area (TPSA) is 119 Å². The van der Waals surface area contributed by atoms with Gasteiger partial charge in [0.25, 0.3) is 5.91 Å². The molecule has 2 aromatic rings. The van der Waals surface area contributed by atoms with Gasteiger partial charge < -0.3 is 20.1 Å². The van der Waals surface area contributed by atoms with Gasteiger partial charge in [0.1, 0.15) is 16.4 Å². The molecule has 0 radical (unpaired) electrons. The molecule has 0 aromatic heterocycles. The Balaban J connectivity index is 1.76. The number of piperazine rings is 1. The van der Waals surface area contributed by atoms with Gasteiger partial charge in [-0.3, -0.25) is 9.59 Å². The third-order valence-electron chi connectivity index (χ3n) is 4.91. The molecule has 1 saturated heterocycles. The van der Waals surface area contributed by atoms with Gasteiger partial charge in [-0.1, -0.05) is 6.07 Å². The zero-order valence-corrected chi connectivity index (χ0v) is 17.5.